The zero-order valence-electron chi connectivity index (χ0n) is 21.2. The van der Waals surface area contributed by atoms with Crippen LogP contribution in [0.1, 0.15) is 44.6 Å². The number of rotatable bonds is 16. The minimum Gasteiger partial charge on any atom is -0.481 e. The molecule has 0 aliphatic carbocycles. The summed E-state index contributed by atoms with van der Waals surface area (Å²) >= 11 is 0. The molecule has 0 spiro atoms. The normalized spacial score (nSPS) is 14.2. The fraction of sp³-hybridized carbons (Fsp3) is 0.480. The van der Waals surface area contributed by atoms with Crippen LogP contribution in [-0.2, 0) is 30.4 Å². The van der Waals surface area contributed by atoms with Crippen LogP contribution < -0.4 is 27.4 Å². The summed E-state index contributed by atoms with van der Waals surface area (Å²) in [7, 11) is 0. The number of fused-ring (bicyclic) bond motifs is 1. The third kappa shape index (κ3) is 9.16. The van der Waals surface area contributed by atoms with Gasteiger partial charge in [0.2, 0.25) is 17.7 Å². The Morgan fingerprint density at radius 2 is 1.61 bits per heavy atom. The highest BCUT2D eigenvalue weighted by molar-refractivity contribution is 5.94. The van der Waals surface area contributed by atoms with E-state index in [9.17, 15) is 29.1 Å². The number of carbonyl (C=O) groups is 5. The number of unbranched alkanes of at least 4 members (excludes halogenated alkanes) is 1. The Morgan fingerprint density at radius 3 is 2.26 bits per heavy atom. The molecule has 2 aromatic rings. The first-order valence-corrected chi connectivity index (χ1v) is 12.4. The van der Waals surface area contributed by atoms with Gasteiger partial charge >= 0.3 is 11.9 Å². The van der Waals surface area contributed by atoms with Crippen LogP contribution in [0.25, 0.3) is 10.9 Å². The Morgan fingerprint density at radius 1 is 0.921 bits per heavy atom. The van der Waals surface area contributed by atoms with Gasteiger partial charge in [0.1, 0.15) is 18.1 Å². The molecule has 0 aliphatic heterocycles. The lowest BCUT2D eigenvalue weighted by atomic mass is 10.0. The molecule has 4 unspecified atom stereocenters. The van der Waals surface area contributed by atoms with Crippen molar-refractivity contribution >= 4 is 40.6 Å². The molecular weight excluding hydrogens is 496 g/mol. The standard InChI is InChI=1S/C25H36N6O7/c1-14(22(34)30-19(25(37)38)9-10-21(32)33)29-24(36)20(31-23(35)17(27)7-4-5-11-26)12-15-13-28-18-8-3-2-6-16(15)18/h2-3,6,8,13-14,17,19-20,28H,4-5,7,9-12,26-27H2,1H3,(H,29,36)(H,30,34)(H,31,35)(H,32,33)(H,37,38). The summed E-state index contributed by atoms with van der Waals surface area (Å²) in [6.07, 6.45) is 2.79. The maximum atomic E-state index is 13.2. The molecule has 0 bridgehead atoms. The number of carboxylic acid groups (broad SMARTS) is 2. The Balaban J connectivity index is 2.14. The number of aliphatic carboxylic acids is 2. The molecule has 1 aromatic heterocycles. The van der Waals surface area contributed by atoms with E-state index in [0.29, 0.717) is 25.8 Å². The van der Waals surface area contributed by atoms with Crippen molar-refractivity contribution in [3.8, 4) is 0 Å². The average Bonchev–Trinajstić information content (AvgIpc) is 3.28. The topological polar surface area (TPSA) is 230 Å². The Labute approximate surface area is 219 Å². The van der Waals surface area contributed by atoms with Crippen LogP contribution in [0.15, 0.2) is 30.5 Å². The van der Waals surface area contributed by atoms with E-state index in [1.54, 1.807) is 6.20 Å². The van der Waals surface area contributed by atoms with E-state index in [2.05, 4.69) is 20.9 Å². The highest BCUT2D eigenvalue weighted by Crippen LogP contribution is 2.19. The second-order valence-electron chi connectivity index (χ2n) is 9.08. The maximum Gasteiger partial charge on any atom is 0.326 e. The second kappa shape index (κ2) is 14.7. The summed E-state index contributed by atoms with van der Waals surface area (Å²) in [5, 5.41) is 26.3. The minimum atomic E-state index is -1.44. The van der Waals surface area contributed by atoms with Crippen LogP contribution in [0.5, 0.6) is 0 Å². The molecule has 0 aliphatic rings. The summed E-state index contributed by atoms with van der Waals surface area (Å²) in [5.41, 5.74) is 13.1. The largest absolute Gasteiger partial charge is 0.481 e. The fourth-order valence-electron chi connectivity index (χ4n) is 3.85. The lowest BCUT2D eigenvalue weighted by Crippen LogP contribution is -2.56. The number of amides is 3. The number of H-pyrrole nitrogens is 1. The third-order valence-corrected chi connectivity index (χ3v) is 6.05. The molecule has 0 saturated heterocycles. The van der Waals surface area contributed by atoms with E-state index in [4.69, 9.17) is 16.6 Å². The van der Waals surface area contributed by atoms with E-state index >= 15 is 0 Å². The van der Waals surface area contributed by atoms with Gasteiger partial charge in [0, 0.05) is 29.9 Å². The summed E-state index contributed by atoms with van der Waals surface area (Å²) in [6, 6.07) is 2.89. The highest BCUT2D eigenvalue weighted by atomic mass is 16.4. The van der Waals surface area contributed by atoms with Gasteiger partial charge in [-0.05, 0) is 44.4 Å². The molecular formula is C25H36N6O7. The molecule has 38 heavy (non-hydrogen) atoms. The van der Waals surface area contributed by atoms with E-state index in [1.807, 2.05) is 24.3 Å². The third-order valence-electron chi connectivity index (χ3n) is 6.05. The Hall–Kier alpha value is -3.97. The molecule has 0 fully saturated rings. The number of nitrogens with one attached hydrogen (secondary N) is 4. The van der Waals surface area contributed by atoms with E-state index in [1.165, 1.54) is 6.92 Å². The minimum absolute atomic E-state index is 0.0990. The van der Waals surface area contributed by atoms with Crippen LogP contribution in [0.3, 0.4) is 0 Å². The number of hydrogen-bond acceptors (Lipinski definition) is 7. The molecule has 13 nitrogen and oxygen atoms in total. The average molecular weight is 533 g/mol. The number of carbonyl (C=O) groups excluding carboxylic acids is 3. The van der Waals surface area contributed by atoms with Crippen LogP contribution in [-0.4, -0.2) is 75.6 Å². The van der Waals surface area contributed by atoms with Crippen LogP contribution in [0.2, 0.25) is 0 Å². The number of aromatic amines is 1. The molecule has 10 N–H and O–H groups in total. The molecule has 4 atom stereocenters. The van der Waals surface area contributed by atoms with Gasteiger partial charge in [-0.1, -0.05) is 24.6 Å². The monoisotopic (exact) mass is 532 g/mol. The molecule has 13 heteroatoms. The van der Waals surface area contributed by atoms with Gasteiger partial charge in [-0.15, -0.1) is 0 Å². The Bertz CT molecular complexity index is 1130. The molecule has 3 amide bonds. The molecule has 0 saturated carbocycles. The maximum absolute atomic E-state index is 13.2. The van der Waals surface area contributed by atoms with Crippen molar-refractivity contribution in [1.82, 2.24) is 20.9 Å². The molecule has 1 heterocycles. The first-order chi connectivity index (χ1) is 18.0. The quantitative estimate of drug-likeness (QED) is 0.131. The van der Waals surface area contributed by atoms with Gasteiger partial charge in [-0.2, -0.15) is 0 Å². The zero-order valence-corrected chi connectivity index (χ0v) is 21.2. The molecule has 0 radical (unpaired) electrons. The summed E-state index contributed by atoms with van der Waals surface area (Å²) in [5.74, 6) is -4.61. The summed E-state index contributed by atoms with van der Waals surface area (Å²) in [4.78, 5) is 63.8. The molecule has 208 valence electrons. The number of aromatic nitrogens is 1. The second-order valence-corrected chi connectivity index (χ2v) is 9.08. The van der Waals surface area contributed by atoms with Gasteiger partial charge < -0.3 is 42.6 Å². The predicted octanol–water partition coefficient (Wildman–Crippen LogP) is -0.410. The smallest absolute Gasteiger partial charge is 0.326 e. The van der Waals surface area contributed by atoms with Crippen molar-refractivity contribution in [3.05, 3.63) is 36.0 Å². The van der Waals surface area contributed by atoms with Gasteiger partial charge in [0.25, 0.3) is 0 Å². The van der Waals surface area contributed by atoms with Crippen molar-refractivity contribution in [2.75, 3.05) is 6.54 Å². The van der Waals surface area contributed by atoms with Gasteiger partial charge in [0.15, 0.2) is 0 Å². The lowest BCUT2D eigenvalue weighted by molar-refractivity contribution is -0.143. The van der Waals surface area contributed by atoms with Crippen LogP contribution in [0, 0.1) is 0 Å². The summed E-state index contributed by atoms with van der Waals surface area (Å²) < 4.78 is 0. The highest BCUT2D eigenvalue weighted by Gasteiger charge is 2.29. The van der Waals surface area contributed by atoms with Gasteiger partial charge in [-0.25, -0.2) is 4.79 Å². The van der Waals surface area contributed by atoms with Crippen molar-refractivity contribution in [2.24, 2.45) is 11.5 Å². The molecule has 1 aromatic carbocycles. The lowest BCUT2D eigenvalue weighted by Gasteiger charge is -2.23. The van der Waals surface area contributed by atoms with Crippen molar-refractivity contribution in [3.63, 3.8) is 0 Å². The Kier molecular flexibility index (Phi) is 11.7. The van der Waals surface area contributed by atoms with Crippen LogP contribution >= 0.6 is 0 Å². The fourth-order valence-corrected chi connectivity index (χ4v) is 3.85. The van der Waals surface area contributed by atoms with Crippen LogP contribution in [0.4, 0.5) is 0 Å². The van der Waals surface area contributed by atoms with Crippen molar-refractivity contribution in [1.29, 1.82) is 0 Å². The first-order valence-electron chi connectivity index (χ1n) is 12.4. The number of benzene rings is 1. The van der Waals surface area contributed by atoms with E-state index in [0.717, 1.165) is 16.5 Å². The number of para-hydroxylation sites is 1. The SMILES string of the molecule is CC(NC(=O)C(Cc1c[nH]c2ccccc12)NC(=O)C(N)CCCCN)C(=O)NC(CCC(=O)O)C(=O)O. The molecule has 2 rings (SSSR count). The number of nitrogens with two attached hydrogens (primary N) is 2. The van der Waals surface area contributed by atoms with Gasteiger partial charge in [0.05, 0.1) is 6.04 Å². The van der Waals surface area contributed by atoms with Gasteiger partial charge in [-0.3, -0.25) is 19.2 Å². The van der Waals surface area contributed by atoms with Crippen molar-refractivity contribution in [2.45, 2.75) is 69.6 Å². The first kappa shape index (κ1) is 30.3. The van der Waals surface area contributed by atoms with Crippen molar-refractivity contribution < 1.29 is 34.2 Å². The number of carboxylic acids is 2. The number of hydrogen-bond donors (Lipinski definition) is 8. The summed E-state index contributed by atoms with van der Waals surface area (Å²) in [6.45, 7) is 1.82. The predicted molar refractivity (Wildman–Crippen MR) is 139 cm³/mol. The van der Waals surface area contributed by atoms with E-state index < -0.39 is 60.2 Å². The zero-order chi connectivity index (χ0) is 28.2. The van der Waals surface area contributed by atoms with E-state index in [-0.39, 0.29) is 12.8 Å².